The van der Waals surface area contributed by atoms with Gasteiger partial charge >= 0.3 is 5.97 Å². The summed E-state index contributed by atoms with van der Waals surface area (Å²) in [5.41, 5.74) is 1.89. The molecule has 8 heteroatoms. The average molecular weight is 433 g/mol. The minimum Gasteiger partial charge on any atom is -0.489 e. The molecule has 0 aromatic heterocycles. The van der Waals surface area contributed by atoms with Crippen molar-refractivity contribution in [3.05, 3.63) is 77.9 Å². The molecule has 4 rings (SSSR count). The van der Waals surface area contributed by atoms with Crippen LogP contribution in [0.3, 0.4) is 0 Å². The van der Waals surface area contributed by atoms with Gasteiger partial charge < -0.3 is 15.2 Å². The summed E-state index contributed by atoms with van der Waals surface area (Å²) in [4.78, 5) is 22.5. The van der Waals surface area contributed by atoms with Gasteiger partial charge in [0, 0.05) is 0 Å². The number of amidine groups is 1. The van der Waals surface area contributed by atoms with Crippen molar-refractivity contribution in [3.63, 3.8) is 0 Å². The number of rotatable bonds is 7. The number of carbonyl (C=O) groups excluding carboxylic acids is 1. The van der Waals surface area contributed by atoms with Gasteiger partial charge in [0.05, 0.1) is 12.6 Å². The first-order valence-electron chi connectivity index (χ1n) is 9.58. The van der Waals surface area contributed by atoms with Gasteiger partial charge in [-0.05, 0) is 34.0 Å². The second-order valence-corrected chi connectivity index (χ2v) is 8.03. The normalized spacial score (nSPS) is 17.4. The van der Waals surface area contributed by atoms with Gasteiger partial charge in [0.2, 0.25) is 5.91 Å². The Morgan fingerprint density at radius 3 is 2.81 bits per heavy atom. The van der Waals surface area contributed by atoms with Crippen molar-refractivity contribution in [2.45, 2.75) is 18.3 Å². The molecular weight excluding hydrogens is 414 g/mol. The number of fused-ring (bicyclic) bond motifs is 1. The van der Waals surface area contributed by atoms with Crippen LogP contribution in [0.1, 0.15) is 17.5 Å². The first-order chi connectivity index (χ1) is 15.1. The van der Waals surface area contributed by atoms with E-state index in [-0.39, 0.29) is 17.5 Å². The highest BCUT2D eigenvalue weighted by Crippen LogP contribution is 2.23. The molecule has 3 aromatic carbocycles. The van der Waals surface area contributed by atoms with Crippen LogP contribution in [-0.2, 0) is 16.2 Å². The quantitative estimate of drug-likeness (QED) is 0.436. The fourth-order valence-corrected chi connectivity index (χ4v) is 4.07. The predicted molar refractivity (Wildman–Crippen MR) is 122 cm³/mol. The highest BCUT2D eigenvalue weighted by Gasteiger charge is 2.32. The van der Waals surface area contributed by atoms with E-state index in [0.29, 0.717) is 12.4 Å². The van der Waals surface area contributed by atoms with Crippen molar-refractivity contribution < 1.29 is 19.4 Å². The average Bonchev–Trinajstić information content (AvgIpc) is 3.11. The second-order valence-electron chi connectivity index (χ2n) is 6.84. The van der Waals surface area contributed by atoms with Crippen molar-refractivity contribution in [2.75, 3.05) is 0 Å². The van der Waals surface area contributed by atoms with Crippen LogP contribution >= 0.6 is 11.8 Å². The van der Waals surface area contributed by atoms with Crippen molar-refractivity contribution in [2.24, 2.45) is 10.2 Å². The predicted octanol–water partition coefficient (Wildman–Crippen LogP) is 3.82. The zero-order valence-electron chi connectivity index (χ0n) is 16.4. The molecule has 0 unspecified atom stereocenters. The van der Waals surface area contributed by atoms with Crippen LogP contribution in [0.25, 0.3) is 10.8 Å². The third-order valence-electron chi connectivity index (χ3n) is 4.62. The molecule has 2 N–H and O–H groups in total. The lowest BCUT2D eigenvalue weighted by Crippen LogP contribution is -2.26. The fourth-order valence-electron chi connectivity index (χ4n) is 3.16. The van der Waals surface area contributed by atoms with Gasteiger partial charge in [-0.3, -0.25) is 9.59 Å². The molecule has 31 heavy (non-hydrogen) atoms. The SMILES string of the molecule is O=C(O)C[C@@H]1S/C(=N\N=C/c2cccc(OCc3cccc4ccccc34)c2)NC1=O. The highest BCUT2D eigenvalue weighted by atomic mass is 32.2. The zero-order chi connectivity index (χ0) is 21.6. The van der Waals surface area contributed by atoms with Crippen LogP contribution in [0.2, 0.25) is 0 Å². The summed E-state index contributed by atoms with van der Waals surface area (Å²) in [6, 6.07) is 21.8. The summed E-state index contributed by atoms with van der Waals surface area (Å²) in [7, 11) is 0. The van der Waals surface area contributed by atoms with E-state index in [1.807, 2.05) is 42.5 Å². The molecule has 3 aromatic rings. The summed E-state index contributed by atoms with van der Waals surface area (Å²) in [5, 5.41) is 21.3. The Labute approximate surface area is 182 Å². The van der Waals surface area contributed by atoms with Crippen LogP contribution < -0.4 is 10.1 Å². The summed E-state index contributed by atoms with van der Waals surface area (Å²) in [6.45, 7) is 0.442. The standard InChI is InChI=1S/C23H19N3O4S/c27-21(28)12-20-22(29)25-23(31-20)26-24-13-15-5-3-9-18(11-15)30-14-17-8-4-7-16-6-1-2-10-19(16)17/h1-11,13,20H,12,14H2,(H,27,28)(H,25,26,29)/b24-13-/t20-/m0/s1. The number of hydrogen-bond acceptors (Lipinski definition) is 6. The van der Waals surface area contributed by atoms with E-state index in [1.165, 1.54) is 5.39 Å². The van der Waals surface area contributed by atoms with Crippen LogP contribution in [0.4, 0.5) is 0 Å². The van der Waals surface area contributed by atoms with Gasteiger partial charge in [-0.25, -0.2) is 0 Å². The van der Waals surface area contributed by atoms with Gasteiger partial charge in [-0.2, -0.15) is 5.10 Å². The molecular formula is C23H19N3O4S. The molecule has 156 valence electrons. The lowest BCUT2D eigenvalue weighted by molar-refractivity contribution is -0.138. The van der Waals surface area contributed by atoms with Crippen molar-refractivity contribution in [1.29, 1.82) is 0 Å². The Kier molecular flexibility index (Phi) is 6.28. The molecule has 0 spiro atoms. The molecule has 1 heterocycles. The van der Waals surface area contributed by atoms with E-state index in [4.69, 9.17) is 9.84 Å². The zero-order valence-corrected chi connectivity index (χ0v) is 17.2. The largest absolute Gasteiger partial charge is 0.489 e. The molecule has 0 radical (unpaired) electrons. The van der Waals surface area contributed by atoms with E-state index >= 15 is 0 Å². The molecule has 0 saturated carbocycles. The van der Waals surface area contributed by atoms with Crippen LogP contribution in [0, 0.1) is 0 Å². The maximum Gasteiger partial charge on any atom is 0.305 e. The second kappa shape index (κ2) is 9.44. The summed E-state index contributed by atoms with van der Waals surface area (Å²) >= 11 is 1.06. The number of hydrogen-bond donors (Lipinski definition) is 2. The first-order valence-corrected chi connectivity index (χ1v) is 10.5. The van der Waals surface area contributed by atoms with Crippen molar-refractivity contribution in [1.82, 2.24) is 5.32 Å². The fraction of sp³-hybridized carbons (Fsp3) is 0.130. The number of ether oxygens (including phenoxy) is 1. The molecule has 1 amide bonds. The maximum absolute atomic E-state index is 11.7. The smallest absolute Gasteiger partial charge is 0.305 e. The monoisotopic (exact) mass is 433 g/mol. The first kappa shape index (κ1) is 20.6. The van der Waals surface area contributed by atoms with E-state index in [9.17, 15) is 9.59 Å². The van der Waals surface area contributed by atoms with E-state index in [1.54, 1.807) is 6.21 Å². The lowest BCUT2D eigenvalue weighted by Gasteiger charge is -2.09. The molecule has 1 atom stereocenters. The summed E-state index contributed by atoms with van der Waals surface area (Å²) in [6.07, 6.45) is 1.30. The molecule has 1 aliphatic heterocycles. The Bertz CT molecular complexity index is 1190. The van der Waals surface area contributed by atoms with Gasteiger partial charge in [0.15, 0.2) is 5.17 Å². The molecule has 7 nitrogen and oxygen atoms in total. The lowest BCUT2D eigenvalue weighted by atomic mass is 10.1. The van der Waals surface area contributed by atoms with E-state index < -0.39 is 11.2 Å². The molecule has 1 fully saturated rings. The molecule has 0 aliphatic carbocycles. The summed E-state index contributed by atoms with van der Waals surface area (Å²) in [5.74, 6) is -0.697. The van der Waals surface area contributed by atoms with E-state index in [2.05, 4.69) is 39.8 Å². The Hall–Kier alpha value is -3.65. The van der Waals surface area contributed by atoms with Crippen LogP contribution in [0.5, 0.6) is 5.75 Å². The number of carboxylic acids is 1. The van der Waals surface area contributed by atoms with Gasteiger partial charge in [0.25, 0.3) is 0 Å². The topological polar surface area (TPSA) is 100 Å². The van der Waals surface area contributed by atoms with Gasteiger partial charge in [0.1, 0.15) is 17.6 Å². The number of carbonyl (C=O) groups is 2. The number of benzene rings is 3. The number of thioether (sulfide) groups is 1. The molecule has 0 bridgehead atoms. The number of carboxylic acid groups (broad SMARTS) is 1. The minimum absolute atomic E-state index is 0.255. The van der Waals surface area contributed by atoms with E-state index in [0.717, 1.165) is 28.3 Å². The third kappa shape index (κ3) is 5.29. The number of nitrogens with zero attached hydrogens (tertiary/aromatic N) is 2. The number of nitrogens with one attached hydrogen (secondary N) is 1. The van der Waals surface area contributed by atoms with Crippen molar-refractivity contribution in [3.8, 4) is 5.75 Å². The maximum atomic E-state index is 11.7. The molecule has 1 aliphatic rings. The third-order valence-corrected chi connectivity index (χ3v) is 5.70. The Morgan fingerprint density at radius 1 is 1.13 bits per heavy atom. The molecule has 1 saturated heterocycles. The summed E-state index contributed by atoms with van der Waals surface area (Å²) < 4.78 is 5.97. The highest BCUT2D eigenvalue weighted by molar-refractivity contribution is 8.15. The Morgan fingerprint density at radius 2 is 1.94 bits per heavy atom. The number of amides is 1. The minimum atomic E-state index is -1.03. The number of aliphatic carboxylic acids is 1. The van der Waals surface area contributed by atoms with Gasteiger partial charge in [-0.15, -0.1) is 5.10 Å². The Balaban J connectivity index is 1.39. The van der Waals surface area contributed by atoms with Crippen LogP contribution in [-0.4, -0.2) is 33.6 Å². The van der Waals surface area contributed by atoms with Crippen LogP contribution in [0.15, 0.2) is 76.9 Å². The van der Waals surface area contributed by atoms with Gasteiger partial charge in [-0.1, -0.05) is 66.4 Å². The van der Waals surface area contributed by atoms with Crippen molar-refractivity contribution >= 4 is 45.8 Å².